The molecule has 3 rings (SSSR count). The molecule has 176 valence electrons. The highest BCUT2D eigenvalue weighted by atomic mass is 19.1. The monoisotopic (exact) mass is 460 g/mol. The number of halogens is 1. The number of nitrogens with one attached hydrogen (secondary N) is 1. The highest BCUT2D eigenvalue weighted by Crippen LogP contribution is 2.34. The average molecular weight is 461 g/mol. The van der Waals surface area contributed by atoms with E-state index in [0.717, 1.165) is 36.0 Å². The van der Waals surface area contributed by atoms with Crippen LogP contribution in [0.5, 0.6) is 5.75 Å². The Morgan fingerprint density at radius 1 is 1.09 bits per heavy atom. The summed E-state index contributed by atoms with van der Waals surface area (Å²) in [5.41, 5.74) is 4.45. The minimum Gasteiger partial charge on any atom is -0.493 e. The Bertz CT molecular complexity index is 1170. The number of carboxylic acids is 1. The number of carbonyl (C=O) groups is 1. The summed E-state index contributed by atoms with van der Waals surface area (Å²) in [6.45, 7) is 4.39. The zero-order valence-electron chi connectivity index (χ0n) is 19.5. The molecule has 0 bridgehead atoms. The first-order chi connectivity index (χ1) is 16.4. The molecule has 1 atom stereocenters. The minimum absolute atomic E-state index is 0.293. The van der Waals surface area contributed by atoms with Gasteiger partial charge in [0.25, 0.3) is 0 Å². The van der Waals surface area contributed by atoms with Crippen molar-refractivity contribution >= 4 is 11.7 Å². The van der Waals surface area contributed by atoms with E-state index in [9.17, 15) is 14.3 Å². The first-order valence-electron chi connectivity index (χ1n) is 11.5. The number of nitriles is 1. The molecule has 0 spiro atoms. The second-order valence-electron chi connectivity index (χ2n) is 8.11. The van der Waals surface area contributed by atoms with Crippen molar-refractivity contribution in [3.05, 3.63) is 94.3 Å². The average Bonchev–Trinajstić information content (AvgIpc) is 2.83. The van der Waals surface area contributed by atoms with Crippen LogP contribution < -0.4 is 10.1 Å². The van der Waals surface area contributed by atoms with Gasteiger partial charge in [-0.2, -0.15) is 5.26 Å². The molecule has 3 aromatic rings. The van der Waals surface area contributed by atoms with Crippen molar-refractivity contribution in [2.75, 3.05) is 11.9 Å². The van der Waals surface area contributed by atoms with Crippen LogP contribution in [0.15, 0.2) is 60.7 Å². The van der Waals surface area contributed by atoms with Crippen molar-refractivity contribution in [3.63, 3.8) is 0 Å². The lowest BCUT2D eigenvalue weighted by Gasteiger charge is -2.23. The molecule has 0 aliphatic heterocycles. The van der Waals surface area contributed by atoms with Gasteiger partial charge < -0.3 is 15.2 Å². The molecule has 5 nitrogen and oxygen atoms in total. The molecule has 0 amide bonds. The normalized spacial score (nSPS) is 11.5. The van der Waals surface area contributed by atoms with Crippen molar-refractivity contribution in [1.82, 2.24) is 0 Å². The second kappa shape index (κ2) is 11.9. The maximum atomic E-state index is 13.5. The van der Waals surface area contributed by atoms with Gasteiger partial charge in [-0.25, -0.2) is 9.18 Å². The maximum absolute atomic E-state index is 13.5. The van der Waals surface area contributed by atoms with Gasteiger partial charge in [0.1, 0.15) is 11.6 Å². The van der Waals surface area contributed by atoms with Crippen LogP contribution in [0.1, 0.15) is 54.1 Å². The molecule has 0 fully saturated rings. The number of aryl methyl sites for hydroxylation is 2. The van der Waals surface area contributed by atoms with E-state index in [1.165, 1.54) is 12.1 Å². The van der Waals surface area contributed by atoms with Gasteiger partial charge in [0.05, 0.1) is 18.2 Å². The first-order valence-corrected chi connectivity index (χ1v) is 11.5. The Kier molecular flexibility index (Phi) is 8.64. The van der Waals surface area contributed by atoms with E-state index in [1.54, 1.807) is 30.3 Å². The lowest BCUT2D eigenvalue weighted by atomic mass is 9.95. The number of carboxylic acid groups (broad SMARTS) is 1. The van der Waals surface area contributed by atoms with E-state index >= 15 is 0 Å². The third kappa shape index (κ3) is 6.35. The summed E-state index contributed by atoms with van der Waals surface area (Å²) in [6, 6.07) is 18.0. The van der Waals surface area contributed by atoms with Crippen LogP contribution in [0.3, 0.4) is 0 Å². The zero-order chi connectivity index (χ0) is 24.5. The number of nitrogens with zero attached hydrogens (tertiary/aromatic N) is 1. The number of aliphatic carboxylic acids is 1. The molecule has 0 aromatic heterocycles. The lowest BCUT2D eigenvalue weighted by Crippen LogP contribution is -2.22. The second-order valence-corrected chi connectivity index (χ2v) is 8.11. The van der Waals surface area contributed by atoms with E-state index < -0.39 is 12.0 Å². The molecule has 0 heterocycles. The third-order valence-corrected chi connectivity index (χ3v) is 5.59. The molecule has 0 radical (unpaired) electrons. The van der Waals surface area contributed by atoms with Gasteiger partial charge in [0.15, 0.2) is 6.04 Å². The summed E-state index contributed by atoms with van der Waals surface area (Å²) in [5.74, 6) is -0.770. The molecule has 0 aliphatic carbocycles. The number of ether oxygens (including phenoxy) is 1. The Hall–Kier alpha value is -3.85. The van der Waals surface area contributed by atoms with Crippen LogP contribution in [0.2, 0.25) is 0 Å². The van der Waals surface area contributed by atoms with Gasteiger partial charge in [0.2, 0.25) is 0 Å². The van der Waals surface area contributed by atoms with Crippen molar-refractivity contribution in [3.8, 4) is 11.8 Å². The van der Waals surface area contributed by atoms with E-state index in [0.29, 0.717) is 35.6 Å². The van der Waals surface area contributed by atoms with Crippen LogP contribution in [0.4, 0.5) is 10.1 Å². The number of hydrogen-bond donors (Lipinski definition) is 2. The smallest absolute Gasteiger partial charge is 0.330 e. The minimum atomic E-state index is -1.04. The number of anilines is 1. The molecule has 0 aliphatic rings. The Morgan fingerprint density at radius 3 is 2.47 bits per heavy atom. The van der Waals surface area contributed by atoms with Crippen molar-refractivity contribution in [1.29, 1.82) is 5.26 Å². The first kappa shape index (κ1) is 24.8. The van der Waals surface area contributed by atoms with Crippen LogP contribution in [-0.2, 0) is 24.1 Å². The molecule has 1 unspecified atom stereocenters. The van der Waals surface area contributed by atoms with Crippen LogP contribution in [-0.4, -0.2) is 17.7 Å². The van der Waals surface area contributed by atoms with Crippen molar-refractivity contribution in [2.24, 2.45) is 0 Å². The van der Waals surface area contributed by atoms with E-state index in [2.05, 4.69) is 24.4 Å². The standard InChI is InChI=1S/C28H29FN2O3/c1-3-6-22-15-19(4-2)17-25(27(22)34-14-13-20-7-5-8-23(29)16-20)26(28(32)33)31-24-11-9-21(18-30)10-12-24/h5,7-12,15-17,26,31H,3-4,6,13-14H2,1-2H3,(H,32,33). The molecule has 34 heavy (non-hydrogen) atoms. The topological polar surface area (TPSA) is 82.4 Å². The van der Waals surface area contributed by atoms with Crippen molar-refractivity contribution < 1.29 is 19.0 Å². The molecule has 2 N–H and O–H groups in total. The number of hydrogen-bond acceptors (Lipinski definition) is 4. The van der Waals surface area contributed by atoms with Crippen LogP contribution in [0.25, 0.3) is 0 Å². The Morgan fingerprint density at radius 2 is 1.85 bits per heavy atom. The SMILES string of the molecule is CCCc1cc(CC)cc(C(Nc2ccc(C#N)cc2)C(=O)O)c1OCCc1cccc(F)c1. The highest BCUT2D eigenvalue weighted by Gasteiger charge is 2.26. The predicted octanol–water partition coefficient (Wildman–Crippen LogP) is 6.07. The summed E-state index contributed by atoms with van der Waals surface area (Å²) in [6.07, 6.45) is 2.89. The predicted molar refractivity (Wildman–Crippen MR) is 131 cm³/mol. The molecule has 6 heteroatoms. The zero-order valence-corrected chi connectivity index (χ0v) is 19.5. The molecule has 0 saturated heterocycles. The highest BCUT2D eigenvalue weighted by molar-refractivity contribution is 5.81. The quantitative estimate of drug-likeness (QED) is 0.363. The molecule has 0 saturated carbocycles. The summed E-state index contributed by atoms with van der Waals surface area (Å²) < 4.78 is 19.7. The summed E-state index contributed by atoms with van der Waals surface area (Å²) in [7, 11) is 0. The third-order valence-electron chi connectivity index (χ3n) is 5.59. The summed E-state index contributed by atoms with van der Waals surface area (Å²) >= 11 is 0. The summed E-state index contributed by atoms with van der Waals surface area (Å²) in [5, 5.41) is 22.2. The Labute approximate surface area is 199 Å². The fraction of sp³-hybridized carbons (Fsp3) is 0.286. The number of benzene rings is 3. The molecular formula is C28H29FN2O3. The van der Waals surface area contributed by atoms with E-state index in [4.69, 9.17) is 10.00 Å². The lowest BCUT2D eigenvalue weighted by molar-refractivity contribution is -0.138. The van der Waals surface area contributed by atoms with Crippen molar-refractivity contribution in [2.45, 2.75) is 45.6 Å². The van der Waals surface area contributed by atoms with Gasteiger partial charge in [-0.1, -0.05) is 38.5 Å². The summed E-state index contributed by atoms with van der Waals surface area (Å²) in [4.78, 5) is 12.4. The van der Waals surface area contributed by atoms with Gasteiger partial charge in [-0.05, 0) is 72.0 Å². The molecule has 3 aromatic carbocycles. The molecular weight excluding hydrogens is 431 g/mol. The Balaban J connectivity index is 1.96. The van der Waals surface area contributed by atoms with Gasteiger partial charge in [-0.15, -0.1) is 0 Å². The fourth-order valence-electron chi connectivity index (χ4n) is 3.87. The number of rotatable bonds is 11. The van der Waals surface area contributed by atoms with Gasteiger partial charge in [0, 0.05) is 17.7 Å². The van der Waals surface area contributed by atoms with E-state index in [-0.39, 0.29) is 5.82 Å². The van der Waals surface area contributed by atoms with Crippen LogP contribution in [0, 0.1) is 17.1 Å². The van der Waals surface area contributed by atoms with Gasteiger partial charge in [-0.3, -0.25) is 0 Å². The van der Waals surface area contributed by atoms with Crippen LogP contribution >= 0.6 is 0 Å². The largest absolute Gasteiger partial charge is 0.493 e. The van der Waals surface area contributed by atoms with E-state index in [1.807, 2.05) is 19.1 Å². The van der Waals surface area contributed by atoms with Gasteiger partial charge >= 0.3 is 5.97 Å². The fourth-order valence-corrected chi connectivity index (χ4v) is 3.87. The maximum Gasteiger partial charge on any atom is 0.330 e.